The molecule has 0 radical (unpaired) electrons. The van der Waals surface area contributed by atoms with Gasteiger partial charge in [-0.05, 0) is 24.3 Å². The van der Waals surface area contributed by atoms with Crippen molar-refractivity contribution in [2.45, 2.75) is 6.54 Å². The van der Waals surface area contributed by atoms with E-state index in [2.05, 4.69) is 20.6 Å². The van der Waals surface area contributed by atoms with Crippen LogP contribution in [0, 0.1) is 0 Å². The first-order valence-corrected chi connectivity index (χ1v) is 5.42. The number of hydrogen-bond acceptors (Lipinski definition) is 3. The molecule has 0 saturated carbocycles. The second-order valence-corrected chi connectivity index (χ2v) is 3.96. The Bertz CT molecular complexity index is 643. The summed E-state index contributed by atoms with van der Waals surface area (Å²) >= 11 is 0. The highest BCUT2D eigenvalue weighted by Gasteiger charge is 2.02. The van der Waals surface area contributed by atoms with Crippen molar-refractivity contribution in [2.75, 3.05) is 5.73 Å². The maximum Gasteiger partial charge on any atom is 0.0783 e. The Balaban J connectivity index is 2.01. The molecule has 0 aliphatic carbocycles. The number of nitrogens with two attached hydrogens (primary N) is 1. The lowest BCUT2D eigenvalue weighted by Crippen LogP contribution is -2.00. The summed E-state index contributed by atoms with van der Waals surface area (Å²) in [5.74, 6) is 0. The van der Waals surface area contributed by atoms with E-state index in [1.54, 1.807) is 18.6 Å². The molecule has 4 nitrogen and oxygen atoms in total. The number of hydrogen-bond donors (Lipinski definition) is 1. The van der Waals surface area contributed by atoms with Crippen LogP contribution in [0.1, 0.15) is 5.69 Å². The molecule has 17 heavy (non-hydrogen) atoms. The van der Waals surface area contributed by atoms with Crippen molar-refractivity contribution in [1.82, 2.24) is 14.5 Å². The van der Waals surface area contributed by atoms with Gasteiger partial charge in [-0.1, -0.05) is 0 Å². The van der Waals surface area contributed by atoms with E-state index >= 15 is 0 Å². The summed E-state index contributed by atoms with van der Waals surface area (Å²) in [7, 11) is 0. The third-order valence-corrected chi connectivity index (χ3v) is 2.74. The fourth-order valence-corrected chi connectivity index (χ4v) is 1.94. The Hall–Kier alpha value is -2.36. The first-order valence-electron chi connectivity index (χ1n) is 5.42. The Labute approximate surface area is 98.7 Å². The van der Waals surface area contributed by atoms with Crippen molar-refractivity contribution in [2.24, 2.45) is 0 Å². The summed E-state index contributed by atoms with van der Waals surface area (Å²) in [6.45, 7) is 0.723. The SMILES string of the molecule is Nc1ccc2c(ccn2Cc2cnccn2)c1. The summed E-state index contributed by atoms with van der Waals surface area (Å²) in [4.78, 5) is 8.33. The van der Waals surface area contributed by atoms with Crippen LogP contribution in [0.4, 0.5) is 5.69 Å². The number of fused-ring (bicyclic) bond motifs is 1. The third kappa shape index (κ3) is 1.85. The van der Waals surface area contributed by atoms with E-state index in [4.69, 9.17) is 5.73 Å². The molecule has 0 bridgehead atoms. The number of rotatable bonds is 2. The van der Waals surface area contributed by atoms with Gasteiger partial charge in [0.05, 0.1) is 18.4 Å². The quantitative estimate of drug-likeness (QED) is 0.678. The minimum Gasteiger partial charge on any atom is -0.399 e. The predicted molar refractivity (Wildman–Crippen MR) is 67.5 cm³/mol. The van der Waals surface area contributed by atoms with Gasteiger partial charge in [-0.15, -0.1) is 0 Å². The molecular formula is C13H12N4. The van der Waals surface area contributed by atoms with E-state index in [0.717, 1.165) is 28.8 Å². The van der Waals surface area contributed by atoms with Gasteiger partial charge in [-0.3, -0.25) is 9.97 Å². The zero-order valence-corrected chi connectivity index (χ0v) is 9.24. The highest BCUT2D eigenvalue weighted by molar-refractivity contribution is 5.83. The first kappa shape index (κ1) is 9.84. The molecular weight excluding hydrogens is 212 g/mol. The molecule has 0 fully saturated rings. The molecule has 0 aliphatic rings. The standard InChI is InChI=1S/C13H12N4/c14-11-1-2-13-10(7-11)3-6-17(13)9-12-8-15-4-5-16-12/h1-8H,9,14H2. The zero-order valence-electron chi connectivity index (χ0n) is 9.24. The number of aromatic nitrogens is 3. The molecule has 0 spiro atoms. The Morgan fingerprint density at radius 3 is 2.94 bits per heavy atom. The molecule has 0 amide bonds. The average molecular weight is 224 g/mol. The van der Waals surface area contributed by atoms with E-state index < -0.39 is 0 Å². The third-order valence-electron chi connectivity index (χ3n) is 2.74. The summed E-state index contributed by atoms with van der Waals surface area (Å²) in [6, 6.07) is 7.97. The van der Waals surface area contributed by atoms with E-state index in [9.17, 15) is 0 Å². The minimum absolute atomic E-state index is 0.723. The molecule has 0 unspecified atom stereocenters. The normalized spacial score (nSPS) is 10.8. The molecule has 3 aromatic rings. The van der Waals surface area contributed by atoms with Crippen molar-refractivity contribution in [3.8, 4) is 0 Å². The van der Waals surface area contributed by atoms with E-state index in [1.807, 2.05) is 24.4 Å². The van der Waals surface area contributed by atoms with Gasteiger partial charge < -0.3 is 10.3 Å². The maximum atomic E-state index is 5.75. The maximum absolute atomic E-state index is 5.75. The molecule has 1 aromatic carbocycles. The van der Waals surface area contributed by atoms with Crippen molar-refractivity contribution < 1.29 is 0 Å². The van der Waals surface area contributed by atoms with Gasteiger partial charge in [0.1, 0.15) is 0 Å². The summed E-state index contributed by atoms with van der Waals surface area (Å²) in [5, 5.41) is 1.15. The van der Waals surface area contributed by atoms with Crippen LogP contribution in [-0.2, 0) is 6.54 Å². The van der Waals surface area contributed by atoms with Crippen LogP contribution >= 0.6 is 0 Å². The summed E-state index contributed by atoms with van der Waals surface area (Å²) in [6.07, 6.45) is 7.21. The van der Waals surface area contributed by atoms with Crippen LogP contribution in [0.15, 0.2) is 49.1 Å². The van der Waals surface area contributed by atoms with Gasteiger partial charge in [0.15, 0.2) is 0 Å². The van der Waals surface area contributed by atoms with E-state index in [-0.39, 0.29) is 0 Å². The van der Waals surface area contributed by atoms with Crippen molar-refractivity contribution in [1.29, 1.82) is 0 Å². The van der Waals surface area contributed by atoms with Crippen LogP contribution in [0.5, 0.6) is 0 Å². The van der Waals surface area contributed by atoms with Crippen molar-refractivity contribution >= 4 is 16.6 Å². The van der Waals surface area contributed by atoms with E-state index in [1.165, 1.54) is 0 Å². The van der Waals surface area contributed by atoms with Gasteiger partial charge in [0, 0.05) is 35.2 Å². The van der Waals surface area contributed by atoms with Crippen LogP contribution in [0.3, 0.4) is 0 Å². The highest BCUT2D eigenvalue weighted by Crippen LogP contribution is 2.19. The zero-order chi connectivity index (χ0) is 11.7. The Morgan fingerprint density at radius 2 is 2.12 bits per heavy atom. The van der Waals surface area contributed by atoms with Crippen molar-refractivity contribution in [3.05, 3.63) is 54.7 Å². The lowest BCUT2D eigenvalue weighted by Gasteiger charge is -2.04. The second kappa shape index (κ2) is 3.90. The van der Waals surface area contributed by atoms with Crippen LogP contribution in [0.2, 0.25) is 0 Å². The van der Waals surface area contributed by atoms with Gasteiger partial charge in [0.2, 0.25) is 0 Å². The van der Waals surface area contributed by atoms with Crippen LogP contribution in [0.25, 0.3) is 10.9 Å². The van der Waals surface area contributed by atoms with Gasteiger partial charge in [-0.2, -0.15) is 0 Å². The van der Waals surface area contributed by atoms with Gasteiger partial charge >= 0.3 is 0 Å². The predicted octanol–water partition coefficient (Wildman–Crippen LogP) is 2.06. The monoisotopic (exact) mass is 224 g/mol. The lowest BCUT2D eigenvalue weighted by molar-refractivity contribution is 0.800. The topological polar surface area (TPSA) is 56.7 Å². The minimum atomic E-state index is 0.723. The summed E-state index contributed by atoms with van der Waals surface area (Å²) in [5.41, 5.74) is 8.64. The number of benzene rings is 1. The Kier molecular flexibility index (Phi) is 2.26. The molecule has 3 rings (SSSR count). The van der Waals surface area contributed by atoms with Crippen LogP contribution < -0.4 is 5.73 Å². The van der Waals surface area contributed by atoms with E-state index in [0.29, 0.717) is 0 Å². The highest BCUT2D eigenvalue weighted by atomic mass is 15.0. The van der Waals surface area contributed by atoms with Crippen molar-refractivity contribution in [3.63, 3.8) is 0 Å². The van der Waals surface area contributed by atoms with Gasteiger partial charge in [-0.25, -0.2) is 0 Å². The molecule has 2 N–H and O–H groups in total. The fraction of sp³-hybridized carbons (Fsp3) is 0.0769. The molecule has 4 heteroatoms. The smallest absolute Gasteiger partial charge is 0.0783 e. The summed E-state index contributed by atoms with van der Waals surface area (Å²) < 4.78 is 2.14. The Morgan fingerprint density at radius 1 is 1.18 bits per heavy atom. The van der Waals surface area contributed by atoms with Gasteiger partial charge in [0.25, 0.3) is 0 Å². The number of anilines is 1. The molecule has 2 aromatic heterocycles. The molecule has 0 aliphatic heterocycles. The molecule has 2 heterocycles. The first-order chi connectivity index (χ1) is 8.33. The number of nitrogens with zero attached hydrogens (tertiary/aromatic N) is 3. The van der Waals surface area contributed by atoms with Crippen LogP contribution in [-0.4, -0.2) is 14.5 Å². The largest absolute Gasteiger partial charge is 0.399 e. The molecule has 84 valence electrons. The molecule has 0 atom stereocenters. The average Bonchev–Trinajstić information content (AvgIpc) is 2.73. The lowest BCUT2D eigenvalue weighted by atomic mass is 10.2. The molecule has 0 saturated heterocycles. The second-order valence-electron chi connectivity index (χ2n) is 3.96. The number of nitrogen functional groups attached to an aromatic ring is 1. The fourth-order valence-electron chi connectivity index (χ4n) is 1.94.